The third-order valence-electron chi connectivity index (χ3n) is 8.37. The Bertz CT molecular complexity index is 1850. The second-order valence-electron chi connectivity index (χ2n) is 11.8. The van der Waals surface area contributed by atoms with Gasteiger partial charge in [0.15, 0.2) is 5.60 Å². The van der Waals surface area contributed by atoms with E-state index in [-0.39, 0.29) is 23.8 Å². The molecule has 244 valence electrons. The second-order valence-corrected chi connectivity index (χ2v) is 14.5. The molecular formula is C32H32Cl2FN3O7S. The van der Waals surface area contributed by atoms with Crippen molar-refractivity contribution in [3.8, 4) is 5.75 Å². The number of anilines is 1. The minimum atomic E-state index is -4.04. The first-order valence-electron chi connectivity index (χ1n) is 14.3. The molecule has 2 aliphatic heterocycles. The molecule has 0 bridgehead atoms. The van der Waals surface area contributed by atoms with Gasteiger partial charge in [-0.3, -0.25) is 14.4 Å². The fourth-order valence-corrected chi connectivity index (χ4v) is 7.53. The molecule has 2 heterocycles. The number of fused-ring (bicyclic) bond motifs is 2. The Morgan fingerprint density at radius 3 is 2.48 bits per heavy atom. The zero-order valence-electron chi connectivity index (χ0n) is 25.4. The smallest absolute Gasteiger partial charge is 0.277 e. The van der Waals surface area contributed by atoms with Gasteiger partial charge in [-0.1, -0.05) is 35.3 Å². The van der Waals surface area contributed by atoms with Crippen LogP contribution in [0.5, 0.6) is 5.75 Å². The lowest BCUT2D eigenvalue weighted by molar-refractivity contribution is -0.133. The number of nitrogens with one attached hydrogen (secondary N) is 3. The summed E-state index contributed by atoms with van der Waals surface area (Å²) >= 11 is 12.8. The molecule has 1 spiro atoms. The first-order valence-corrected chi connectivity index (χ1v) is 16.7. The number of benzene rings is 3. The van der Waals surface area contributed by atoms with Gasteiger partial charge in [-0.2, -0.15) is 0 Å². The molecule has 3 atom stereocenters. The Kier molecular flexibility index (Phi) is 9.13. The van der Waals surface area contributed by atoms with Crippen LogP contribution in [0.2, 0.25) is 10.0 Å². The highest BCUT2D eigenvalue weighted by atomic mass is 35.5. The van der Waals surface area contributed by atoms with E-state index in [0.717, 1.165) is 0 Å². The number of amides is 3. The van der Waals surface area contributed by atoms with Crippen molar-refractivity contribution in [1.29, 1.82) is 0 Å². The van der Waals surface area contributed by atoms with E-state index >= 15 is 0 Å². The number of carbonyl (C=O) groups is 3. The van der Waals surface area contributed by atoms with E-state index in [1.807, 2.05) is 4.72 Å². The molecule has 0 aromatic heterocycles. The number of aryl methyl sites for hydroxylation is 1. The summed E-state index contributed by atoms with van der Waals surface area (Å²) in [5, 5.41) is 6.47. The Balaban J connectivity index is 1.68. The van der Waals surface area contributed by atoms with Crippen molar-refractivity contribution < 1.29 is 36.7 Å². The minimum Gasteiger partial charge on any atom is -0.478 e. The van der Waals surface area contributed by atoms with Crippen LogP contribution in [-0.2, 0) is 34.6 Å². The molecule has 3 amide bonds. The van der Waals surface area contributed by atoms with Crippen molar-refractivity contribution in [2.75, 3.05) is 24.8 Å². The van der Waals surface area contributed by atoms with Gasteiger partial charge >= 0.3 is 0 Å². The van der Waals surface area contributed by atoms with Crippen LogP contribution in [0.3, 0.4) is 0 Å². The topological polar surface area (TPSA) is 140 Å². The first kappa shape index (κ1) is 33.6. The molecule has 46 heavy (non-hydrogen) atoms. The highest BCUT2D eigenvalue weighted by Crippen LogP contribution is 2.59. The van der Waals surface area contributed by atoms with Gasteiger partial charge in [-0.05, 0) is 79.9 Å². The van der Waals surface area contributed by atoms with E-state index in [0.29, 0.717) is 33.0 Å². The Morgan fingerprint density at radius 1 is 1.07 bits per heavy atom. The van der Waals surface area contributed by atoms with Crippen LogP contribution < -0.4 is 20.1 Å². The molecule has 1 saturated heterocycles. The number of sulfonamides is 1. The fourth-order valence-electron chi connectivity index (χ4n) is 6.16. The van der Waals surface area contributed by atoms with Crippen molar-refractivity contribution in [3.05, 3.63) is 92.7 Å². The summed E-state index contributed by atoms with van der Waals surface area (Å²) in [7, 11) is -2.71. The highest BCUT2D eigenvalue weighted by Gasteiger charge is 2.62. The third-order valence-corrected chi connectivity index (χ3v) is 10.0. The number of ether oxygens (including phenoxy) is 2. The number of hydrogen-bond acceptors (Lipinski definition) is 7. The molecule has 0 saturated carbocycles. The van der Waals surface area contributed by atoms with Crippen LogP contribution in [0.1, 0.15) is 54.5 Å². The summed E-state index contributed by atoms with van der Waals surface area (Å²) in [4.78, 5) is 41.1. The van der Waals surface area contributed by atoms with Crippen LogP contribution in [0, 0.1) is 12.7 Å². The maximum atomic E-state index is 14.7. The summed E-state index contributed by atoms with van der Waals surface area (Å²) in [6, 6.07) is 12.6. The van der Waals surface area contributed by atoms with Crippen LogP contribution >= 0.6 is 23.2 Å². The average molecular weight is 693 g/mol. The zero-order chi connectivity index (χ0) is 33.6. The van der Waals surface area contributed by atoms with E-state index in [4.69, 9.17) is 32.7 Å². The average Bonchev–Trinajstić information content (AvgIpc) is 3.25. The monoisotopic (exact) mass is 691 g/mol. The van der Waals surface area contributed by atoms with Gasteiger partial charge in [-0.15, -0.1) is 0 Å². The Labute approximate surface area is 276 Å². The molecule has 3 aromatic carbocycles. The van der Waals surface area contributed by atoms with Gasteiger partial charge in [0.1, 0.15) is 17.0 Å². The van der Waals surface area contributed by atoms with Crippen LogP contribution in [0.15, 0.2) is 54.6 Å². The van der Waals surface area contributed by atoms with Gasteiger partial charge in [0.2, 0.25) is 21.8 Å². The standard InChI is InChI=1S/C32H32Cl2FN3O7S/c1-17-5-8-20(35)15-21(17)28-32(23-9-6-19(34)14-25(23)36-30(32)41)24(16-27(39)37-28)22-13-18(33)7-10-26(22)45-31(2,3)29(40)38-46(42,43)12-11-44-4/h5-10,13-15,24,28H,11-12,16H2,1-4H3,(H,36,41)(H,37,39)(H,38,40)/t24-,28+,32?/m1/s1. The summed E-state index contributed by atoms with van der Waals surface area (Å²) < 4.78 is 52.7. The lowest BCUT2D eigenvalue weighted by Gasteiger charge is -2.47. The number of rotatable bonds is 9. The quantitative estimate of drug-likeness (QED) is 0.289. The van der Waals surface area contributed by atoms with Gasteiger partial charge in [-0.25, -0.2) is 17.5 Å². The fraction of sp³-hybridized carbons (Fsp3) is 0.344. The molecule has 0 aliphatic carbocycles. The highest BCUT2D eigenvalue weighted by molar-refractivity contribution is 7.90. The van der Waals surface area contributed by atoms with Crippen LogP contribution in [0.25, 0.3) is 0 Å². The molecule has 2 aliphatic rings. The van der Waals surface area contributed by atoms with Gasteiger partial charge in [0.25, 0.3) is 5.91 Å². The van der Waals surface area contributed by atoms with Gasteiger partial charge in [0.05, 0.1) is 18.4 Å². The van der Waals surface area contributed by atoms with Crippen molar-refractivity contribution >= 4 is 56.6 Å². The molecule has 1 unspecified atom stereocenters. The second kappa shape index (κ2) is 12.5. The zero-order valence-corrected chi connectivity index (χ0v) is 27.7. The van der Waals surface area contributed by atoms with E-state index in [1.165, 1.54) is 45.2 Å². The maximum absolute atomic E-state index is 14.7. The van der Waals surface area contributed by atoms with Crippen molar-refractivity contribution in [2.45, 2.75) is 50.2 Å². The van der Waals surface area contributed by atoms with E-state index in [9.17, 15) is 27.2 Å². The van der Waals surface area contributed by atoms with E-state index in [2.05, 4.69) is 10.6 Å². The first-order chi connectivity index (χ1) is 21.6. The normalized spacial score (nSPS) is 21.0. The molecule has 1 fully saturated rings. The predicted molar refractivity (Wildman–Crippen MR) is 171 cm³/mol. The summed E-state index contributed by atoms with van der Waals surface area (Å²) in [5.41, 5.74) is -1.06. The molecular weight excluding hydrogens is 660 g/mol. The number of halogens is 3. The largest absolute Gasteiger partial charge is 0.478 e. The third kappa shape index (κ3) is 6.18. The number of hydrogen-bond donors (Lipinski definition) is 3. The lowest BCUT2D eigenvalue weighted by atomic mass is 9.59. The van der Waals surface area contributed by atoms with E-state index < -0.39 is 62.3 Å². The summed E-state index contributed by atoms with van der Waals surface area (Å²) in [5.74, 6) is -3.73. The number of methoxy groups -OCH3 is 1. The SMILES string of the molecule is COCCS(=O)(=O)NC(=O)C(C)(C)Oc1ccc(Cl)cc1[C@H]1CC(=O)N[C@@H](c2cc(F)ccc2C)C12C(=O)Nc1cc(Cl)ccc12. The molecule has 0 radical (unpaired) electrons. The molecule has 3 aromatic rings. The van der Waals surface area contributed by atoms with Gasteiger partial charge < -0.3 is 20.1 Å². The molecule has 5 rings (SSSR count). The predicted octanol–water partition coefficient (Wildman–Crippen LogP) is 4.93. The van der Waals surface area contributed by atoms with Crippen molar-refractivity contribution in [1.82, 2.24) is 10.0 Å². The minimum absolute atomic E-state index is 0.0860. The molecule has 3 N–H and O–H groups in total. The number of piperidine rings is 1. The van der Waals surface area contributed by atoms with Crippen molar-refractivity contribution in [2.24, 2.45) is 0 Å². The van der Waals surface area contributed by atoms with Crippen LogP contribution in [0.4, 0.5) is 10.1 Å². The van der Waals surface area contributed by atoms with Gasteiger partial charge in [0, 0.05) is 40.7 Å². The Hall–Kier alpha value is -3.71. The van der Waals surface area contributed by atoms with Crippen molar-refractivity contribution in [3.63, 3.8) is 0 Å². The number of carbonyl (C=O) groups excluding carboxylic acids is 3. The summed E-state index contributed by atoms with van der Waals surface area (Å²) in [6.07, 6.45) is -0.213. The molecule has 14 heteroatoms. The maximum Gasteiger partial charge on any atom is 0.277 e. The lowest BCUT2D eigenvalue weighted by Crippen LogP contribution is -2.57. The van der Waals surface area contributed by atoms with Crippen LogP contribution in [-0.4, -0.2) is 51.2 Å². The molecule has 10 nitrogen and oxygen atoms in total. The summed E-state index contributed by atoms with van der Waals surface area (Å²) in [6.45, 7) is 4.39. The Morgan fingerprint density at radius 2 is 1.76 bits per heavy atom. The van der Waals surface area contributed by atoms with E-state index in [1.54, 1.807) is 37.3 Å².